The third-order valence-corrected chi connectivity index (χ3v) is 7.91. The summed E-state index contributed by atoms with van der Waals surface area (Å²) in [6.45, 7) is 8.01. The summed E-state index contributed by atoms with van der Waals surface area (Å²) in [6, 6.07) is 40.0. The van der Waals surface area contributed by atoms with Crippen LogP contribution in [0.1, 0.15) is 47.8 Å². The summed E-state index contributed by atoms with van der Waals surface area (Å²) in [5, 5.41) is 6.04. The molecule has 0 saturated carbocycles. The van der Waals surface area contributed by atoms with E-state index < -0.39 is 5.60 Å². The minimum atomic E-state index is -0.596. The highest BCUT2D eigenvalue weighted by atomic mass is 16.6. The van der Waals surface area contributed by atoms with Crippen molar-refractivity contribution in [2.75, 3.05) is 5.32 Å². The Labute approximate surface area is 242 Å². The first-order valence-corrected chi connectivity index (χ1v) is 14.3. The van der Waals surface area contributed by atoms with Gasteiger partial charge in [0.05, 0.1) is 13.2 Å². The van der Waals surface area contributed by atoms with Crippen molar-refractivity contribution >= 4 is 16.5 Å². The predicted octanol–water partition coefficient (Wildman–Crippen LogP) is 8.77. The highest BCUT2D eigenvalue weighted by Gasteiger charge is 2.45. The Balaban J connectivity index is 1.28. The van der Waals surface area contributed by atoms with Crippen molar-refractivity contribution in [3.63, 3.8) is 0 Å². The molecular weight excluding hydrogens is 506 g/mol. The largest absolute Gasteiger partial charge is 0.485 e. The zero-order valence-corrected chi connectivity index (χ0v) is 24.0. The molecule has 0 bridgehead atoms. The maximum absolute atomic E-state index is 6.71. The molecule has 5 aromatic carbocycles. The molecule has 0 amide bonds. The molecule has 0 radical (unpaired) electrons. The van der Waals surface area contributed by atoms with Gasteiger partial charge in [0.25, 0.3) is 0 Å². The van der Waals surface area contributed by atoms with Gasteiger partial charge in [-0.1, -0.05) is 91.0 Å². The number of anilines is 1. The second-order valence-corrected chi connectivity index (χ2v) is 11.4. The van der Waals surface area contributed by atoms with Crippen molar-refractivity contribution in [3.8, 4) is 5.75 Å². The minimum absolute atomic E-state index is 0.311. The quantitative estimate of drug-likeness (QED) is 0.202. The van der Waals surface area contributed by atoms with Gasteiger partial charge < -0.3 is 19.5 Å². The van der Waals surface area contributed by atoms with Crippen LogP contribution in [0.3, 0.4) is 0 Å². The van der Waals surface area contributed by atoms with Crippen LogP contribution in [0.15, 0.2) is 115 Å². The SMILES string of the molecule is Cc1ccccc1CNc1ccc2c(c1)C(OCc1ccccc1)C(OCc1ccc3ccccc3c1)C(C)(C)O2. The van der Waals surface area contributed by atoms with Gasteiger partial charge in [0.2, 0.25) is 0 Å². The molecule has 0 aromatic heterocycles. The van der Waals surface area contributed by atoms with Crippen LogP contribution in [0, 0.1) is 6.92 Å². The van der Waals surface area contributed by atoms with E-state index in [0.717, 1.165) is 34.7 Å². The molecular formula is C37H37NO3. The third kappa shape index (κ3) is 6.14. The van der Waals surface area contributed by atoms with Crippen LogP contribution in [0.4, 0.5) is 5.69 Å². The van der Waals surface area contributed by atoms with Crippen LogP contribution in [-0.4, -0.2) is 11.7 Å². The van der Waals surface area contributed by atoms with Crippen LogP contribution < -0.4 is 10.1 Å². The summed E-state index contributed by atoms with van der Waals surface area (Å²) >= 11 is 0. The fourth-order valence-corrected chi connectivity index (χ4v) is 5.59. The molecule has 4 heteroatoms. The van der Waals surface area contributed by atoms with Crippen molar-refractivity contribution in [2.24, 2.45) is 0 Å². The van der Waals surface area contributed by atoms with E-state index in [2.05, 4.69) is 123 Å². The van der Waals surface area contributed by atoms with E-state index in [-0.39, 0.29) is 12.2 Å². The molecule has 1 heterocycles. The van der Waals surface area contributed by atoms with E-state index in [1.165, 1.54) is 21.9 Å². The molecule has 5 aromatic rings. The third-order valence-electron chi connectivity index (χ3n) is 7.91. The number of hydrogen-bond acceptors (Lipinski definition) is 4. The van der Waals surface area contributed by atoms with Crippen LogP contribution in [-0.2, 0) is 29.2 Å². The van der Waals surface area contributed by atoms with E-state index >= 15 is 0 Å². The van der Waals surface area contributed by atoms with E-state index in [1.54, 1.807) is 0 Å². The number of rotatable bonds is 9. The first-order chi connectivity index (χ1) is 20.0. The maximum Gasteiger partial charge on any atom is 0.132 e. The minimum Gasteiger partial charge on any atom is -0.485 e. The number of ether oxygens (including phenoxy) is 3. The van der Waals surface area contributed by atoms with E-state index in [1.807, 2.05) is 18.2 Å². The molecule has 2 unspecified atom stereocenters. The summed E-state index contributed by atoms with van der Waals surface area (Å²) < 4.78 is 20.0. The molecule has 1 N–H and O–H groups in total. The number of nitrogens with one attached hydrogen (secondary N) is 1. The lowest BCUT2D eigenvalue weighted by atomic mass is 9.87. The number of hydrogen-bond donors (Lipinski definition) is 1. The summed E-state index contributed by atoms with van der Waals surface area (Å²) in [4.78, 5) is 0. The second-order valence-electron chi connectivity index (χ2n) is 11.4. The summed E-state index contributed by atoms with van der Waals surface area (Å²) in [5.74, 6) is 0.833. The lowest BCUT2D eigenvalue weighted by Gasteiger charge is -2.44. The lowest BCUT2D eigenvalue weighted by molar-refractivity contribution is -0.170. The average Bonchev–Trinajstić information content (AvgIpc) is 2.99. The van der Waals surface area contributed by atoms with Crippen molar-refractivity contribution in [3.05, 3.63) is 143 Å². The molecule has 41 heavy (non-hydrogen) atoms. The number of fused-ring (bicyclic) bond motifs is 2. The smallest absolute Gasteiger partial charge is 0.132 e. The molecule has 1 aliphatic heterocycles. The van der Waals surface area contributed by atoms with Gasteiger partial charge in [-0.25, -0.2) is 0 Å². The summed E-state index contributed by atoms with van der Waals surface area (Å²) in [5.41, 5.74) is 6.23. The van der Waals surface area contributed by atoms with Crippen molar-refractivity contribution in [1.82, 2.24) is 0 Å². The van der Waals surface area contributed by atoms with Gasteiger partial charge in [0.1, 0.15) is 23.6 Å². The fraction of sp³-hybridized carbons (Fsp3) is 0.243. The van der Waals surface area contributed by atoms with Gasteiger partial charge >= 0.3 is 0 Å². The molecule has 0 saturated heterocycles. The maximum atomic E-state index is 6.71. The Morgan fingerprint density at radius 2 is 1.44 bits per heavy atom. The van der Waals surface area contributed by atoms with Gasteiger partial charge in [-0.3, -0.25) is 0 Å². The van der Waals surface area contributed by atoms with Gasteiger partial charge in [0, 0.05) is 17.8 Å². The van der Waals surface area contributed by atoms with Gasteiger partial charge in [0.15, 0.2) is 0 Å². The van der Waals surface area contributed by atoms with Crippen molar-refractivity contribution in [1.29, 1.82) is 0 Å². The van der Waals surface area contributed by atoms with Crippen molar-refractivity contribution in [2.45, 2.75) is 58.3 Å². The predicted molar refractivity (Wildman–Crippen MR) is 166 cm³/mol. The monoisotopic (exact) mass is 543 g/mol. The Morgan fingerprint density at radius 3 is 2.27 bits per heavy atom. The number of benzene rings is 5. The first-order valence-electron chi connectivity index (χ1n) is 14.3. The van der Waals surface area contributed by atoms with Crippen LogP contribution in [0.2, 0.25) is 0 Å². The molecule has 0 fully saturated rings. The van der Waals surface area contributed by atoms with E-state index in [4.69, 9.17) is 14.2 Å². The van der Waals surface area contributed by atoms with Crippen LogP contribution in [0.25, 0.3) is 10.8 Å². The van der Waals surface area contributed by atoms with E-state index in [9.17, 15) is 0 Å². The Bertz CT molecular complexity index is 1630. The van der Waals surface area contributed by atoms with Crippen molar-refractivity contribution < 1.29 is 14.2 Å². The molecule has 6 rings (SSSR count). The molecule has 0 aliphatic carbocycles. The molecule has 0 spiro atoms. The van der Waals surface area contributed by atoms with Crippen LogP contribution >= 0.6 is 0 Å². The van der Waals surface area contributed by atoms with Gasteiger partial charge in [-0.2, -0.15) is 0 Å². The van der Waals surface area contributed by atoms with Gasteiger partial charge in [-0.05, 0) is 78.1 Å². The fourth-order valence-electron chi connectivity index (χ4n) is 5.59. The standard InChI is InChI=1S/C37H37NO3/c1-26-11-7-8-16-31(26)23-38-32-19-20-34-33(22-32)35(39-24-27-12-5-4-6-13-27)36(37(2,3)41-34)40-25-28-17-18-29-14-9-10-15-30(29)21-28/h4-22,35-36,38H,23-25H2,1-3H3. The zero-order valence-electron chi connectivity index (χ0n) is 24.0. The summed E-state index contributed by atoms with van der Waals surface area (Å²) in [7, 11) is 0. The second kappa shape index (κ2) is 11.8. The first kappa shape index (κ1) is 27.1. The molecule has 208 valence electrons. The number of aryl methyl sites for hydroxylation is 1. The average molecular weight is 544 g/mol. The highest BCUT2D eigenvalue weighted by Crippen LogP contribution is 2.45. The Morgan fingerprint density at radius 1 is 0.707 bits per heavy atom. The molecule has 4 nitrogen and oxygen atoms in total. The Kier molecular flexibility index (Phi) is 7.78. The lowest BCUT2D eigenvalue weighted by Crippen LogP contribution is -2.50. The summed E-state index contributed by atoms with van der Waals surface area (Å²) in [6.07, 6.45) is -0.633. The van der Waals surface area contributed by atoms with Crippen LogP contribution in [0.5, 0.6) is 5.75 Å². The molecule has 2 atom stereocenters. The van der Waals surface area contributed by atoms with Gasteiger partial charge in [-0.15, -0.1) is 0 Å². The molecule has 1 aliphatic rings. The normalized spacial score (nSPS) is 17.5. The van der Waals surface area contributed by atoms with E-state index in [0.29, 0.717) is 13.2 Å². The topological polar surface area (TPSA) is 39.7 Å². The zero-order chi connectivity index (χ0) is 28.2. The highest BCUT2D eigenvalue weighted by molar-refractivity contribution is 5.82. The Hall–Kier alpha value is -4.12.